The maximum Gasteiger partial charge on any atom is 0.248 e. The molecule has 0 aliphatic carbocycles. The zero-order valence-electron chi connectivity index (χ0n) is 14.1. The lowest BCUT2D eigenvalue weighted by atomic mass is 10.1. The van der Waals surface area contributed by atoms with E-state index in [1.165, 1.54) is 12.3 Å². The highest BCUT2D eigenvalue weighted by Crippen LogP contribution is 2.26. The third-order valence-corrected chi connectivity index (χ3v) is 3.62. The van der Waals surface area contributed by atoms with Gasteiger partial charge >= 0.3 is 0 Å². The predicted octanol–water partition coefficient (Wildman–Crippen LogP) is 3.12. The maximum absolute atomic E-state index is 13.8. The highest BCUT2D eigenvalue weighted by atomic mass is 19.1. The van der Waals surface area contributed by atoms with E-state index in [2.05, 4.69) is 20.4 Å². The van der Waals surface area contributed by atoms with Gasteiger partial charge in [0.25, 0.3) is 0 Å². The number of rotatable bonds is 6. The number of amides is 1. The summed E-state index contributed by atoms with van der Waals surface area (Å²) < 4.78 is 37.9. The molecule has 1 aromatic carbocycles. The Morgan fingerprint density at radius 2 is 2.04 bits per heavy atom. The minimum atomic E-state index is -0.742. The van der Waals surface area contributed by atoms with Crippen LogP contribution >= 0.6 is 0 Å². The molecule has 0 fully saturated rings. The number of carbonyl (C=O) groups excluding carboxylic acids is 1. The van der Waals surface area contributed by atoms with Crippen LogP contribution in [0.3, 0.4) is 0 Å². The fraction of sp³-hybridized carbons (Fsp3) is 0.294. The van der Waals surface area contributed by atoms with Crippen molar-refractivity contribution >= 4 is 5.91 Å². The molecular formula is C17H16F2N4O3. The van der Waals surface area contributed by atoms with Gasteiger partial charge in [-0.25, -0.2) is 13.8 Å². The second kappa shape index (κ2) is 7.42. The van der Waals surface area contributed by atoms with Gasteiger partial charge in [0.15, 0.2) is 17.5 Å². The molecule has 0 saturated heterocycles. The van der Waals surface area contributed by atoms with Crippen molar-refractivity contribution in [3.05, 3.63) is 53.6 Å². The van der Waals surface area contributed by atoms with E-state index in [-0.39, 0.29) is 36.0 Å². The number of carbonyl (C=O) groups is 1. The summed E-state index contributed by atoms with van der Waals surface area (Å²) in [7, 11) is 0. The van der Waals surface area contributed by atoms with Crippen molar-refractivity contribution in [1.82, 2.24) is 20.4 Å². The van der Waals surface area contributed by atoms with Crippen LogP contribution in [0.2, 0.25) is 0 Å². The second-order valence-corrected chi connectivity index (χ2v) is 5.68. The first-order valence-corrected chi connectivity index (χ1v) is 7.92. The molecule has 0 aliphatic rings. The van der Waals surface area contributed by atoms with Crippen LogP contribution in [0.15, 0.2) is 33.3 Å². The van der Waals surface area contributed by atoms with Gasteiger partial charge in [-0.15, -0.1) is 0 Å². The van der Waals surface area contributed by atoms with E-state index in [0.717, 1.165) is 12.1 Å². The Hall–Kier alpha value is -3.10. The highest BCUT2D eigenvalue weighted by Gasteiger charge is 2.18. The molecule has 1 amide bonds. The number of nitrogens with zero attached hydrogens (tertiary/aromatic N) is 3. The summed E-state index contributed by atoms with van der Waals surface area (Å²) in [5.74, 6) is -0.781. The van der Waals surface area contributed by atoms with Gasteiger partial charge in [-0.05, 0) is 26.0 Å². The molecule has 26 heavy (non-hydrogen) atoms. The number of aromatic nitrogens is 3. The van der Waals surface area contributed by atoms with E-state index in [9.17, 15) is 13.6 Å². The van der Waals surface area contributed by atoms with Gasteiger partial charge in [-0.2, -0.15) is 4.98 Å². The summed E-state index contributed by atoms with van der Waals surface area (Å²) in [6.07, 6.45) is 1.49. The number of hydrogen-bond donors (Lipinski definition) is 1. The van der Waals surface area contributed by atoms with Crippen LogP contribution in [0.4, 0.5) is 8.78 Å². The number of nitrogens with one attached hydrogen (secondary N) is 1. The van der Waals surface area contributed by atoms with Crippen LogP contribution in [-0.2, 0) is 11.2 Å². The Morgan fingerprint density at radius 1 is 1.31 bits per heavy atom. The van der Waals surface area contributed by atoms with Crippen molar-refractivity contribution in [1.29, 1.82) is 0 Å². The molecule has 1 atom stereocenters. The van der Waals surface area contributed by atoms with Gasteiger partial charge < -0.3 is 14.3 Å². The van der Waals surface area contributed by atoms with Gasteiger partial charge in [0.2, 0.25) is 11.8 Å². The minimum absolute atomic E-state index is 0.0225. The largest absolute Gasteiger partial charge is 0.441 e. The molecule has 0 aliphatic heterocycles. The Bertz CT molecular complexity index is 902. The Kier molecular flexibility index (Phi) is 5.06. The summed E-state index contributed by atoms with van der Waals surface area (Å²) in [5, 5.41) is 6.37. The minimum Gasteiger partial charge on any atom is -0.441 e. The molecule has 0 spiro atoms. The molecule has 1 N–H and O–H groups in total. The fourth-order valence-corrected chi connectivity index (χ4v) is 2.36. The summed E-state index contributed by atoms with van der Waals surface area (Å²) in [5.41, 5.74) is -0.281. The van der Waals surface area contributed by atoms with Gasteiger partial charge in [0.05, 0.1) is 11.8 Å². The molecule has 3 aromatic rings. The maximum atomic E-state index is 13.8. The first-order chi connectivity index (χ1) is 12.4. The Labute approximate surface area is 147 Å². The molecule has 0 unspecified atom stereocenters. The van der Waals surface area contributed by atoms with Gasteiger partial charge in [0.1, 0.15) is 17.7 Å². The zero-order chi connectivity index (χ0) is 18.7. The smallest absolute Gasteiger partial charge is 0.248 e. The third kappa shape index (κ3) is 3.93. The monoisotopic (exact) mass is 362 g/mol. The van der Waals surface area contributed by atoms with Crippen molar-refractivity contribution in [3.63, 3.8) is 0 Å². The fourth-order valence-electron chi connectivity index (χ4n) is 2.36. The summed E-state index contributed by atoms with van der Waals surface area (Å²) >= 11 is 0. The molecule has 2 heterocycles. The highest BCUT2D eigenvalue weighted by molar-refractivity contribution is 5.76. The van der Waals surface area contributed by atoms with Crippen LogP contribution in [0, 0.1) is 18.6 Å². The van der Waals surface area contributed by atoms with E-state index >= 15 is 0 Å². The molecule has 0 bridgehead atoms. The second-order valence-electron chi connectivity index (χ2n) is 5.68. The molecule has 3 rings (SSSR count). The van der Waals surface area contributed by atoms with Gasteiger partial charge in [-0.1, -0.05) is 11.2 Å². The van der Waals surface area contributed by atoms with E-state index in [1.807, 2.05) is 0 Å². The summed E-state index contributed by atoms with van der Waals surface area (Å²) in [4.78, 5) is 20.0. The normalized spacial score (nSPS) is 12.2. The lowest BCUT2D eigenvalue weighted by Gasteiger charge is -2.08. The van der Waals surface area contributed by atoms with E-state index < -0.39 is 17.7 Å². The molecular weight excluding hydrogens is 346 g/mol. The quantitative estimate of drug-likeness (QED) is 0.724. The summed E-state index contributed by atoms with van der Waals surface area (Å²) in [6.45, 7) is 3.40. The van der Waals surface area contributed by atoms with E-state index in [4.69, 9.17) is 8.94 Å². The predicted molar refractivity (Wildman–Crippen MR) is 85.8 cm³/mol. The topological polar surface area (TPSA) is 94.1 Å². The first-order valence-electron chi connectivity index (χ1n) is 7.92. The van der Waals surface area contributed by atoms with Gasteiger partial charge in [0, 0.05) is 12.8 Å². The first kappa shape index (κ1) is 17.7. The number of halogens is 2. The van der Waals surface area contributed by atoms with Crippen LogP contribution in [0.25, 0.3) is 11.3 Å². The van der Waals surface area contributed by atoms with Crippen molar-refractivity contribution < 1.29 is 22.5 Å². The van der Waals surface area contributed by atoms with E-state index in [0.29, 0.717) is 11.7 Å². The van der Waals surface area contributed by atoms with Crippen LogP contribution in [-0.4, -0.2) is 21.0 Å². The lowest BCUT2D eigenvalue weighted by Crippen LogP contribution is -2.27. The Balaban J connectivity index is 1.59. The lowest BCUT2D eigenvalue weighted by molar-refractivity contribution is -0.121. The third-order valence-electron chi connectivity index (χ3n) is 3.62. The SMILES string of the molecule is Cc1noc([C@H](C)NC(=O)CCc2ncc(-c3c(F)cccc3F)o2)n1. The molecule has 0 radical (unpaired) electrons. The average molecular weight is 362 g/mol. The molecule has 0 saturated carbocycles. The standard InChI is InChI=1S/C17H16F2N4O3/c1-9(17-22-10(2)23-26-17)21-14(24)6-7-15-20-8-13(25-15)16-11(18)4-3-5-12(16)19/h3-5,8-9H,6-7H2,1-2H3,(H,21,24)/t9-/m0/s1. The van der Waals surface area contributed by atoms with E-state index in [1.54, 1.807) is 13.8 Å². The zero-order valence-corrected chi connectivity index (χ0v) is 14.1. The Morgan fingerprint density at radius 3 is 2.69 bits per heavy atom. The van der Waals surface area contributed by atoms with Crippen molar-refractivity contribution in [3.8, 4) is 11.3 Å². The van der Waals surface area contributed by atoms with Crippen molar-refractivity contribution in [2.75, 3.05) is 0 Å². The molecule has 2 aromatic heterocycles. The van der Waals surface area contributed by atoms with Crippen LogP contribution < -0.4 is 5.32 Å². The molecule has 136 valence electrons. The molecule has 9 heteroatoms. The van der Waals surface area contributed by atoms with Crippen molar-refractivity contribution in [2.24, 2.45) is 0 Å². The van der Waals surface area contributed by atoms with Crippen molar-refractivity contribution in [2.45, 2.75) is 32.7 Å². The number of aryl methyl sites for hydroxylation is 2. The molecule has 7 nitrogen and oxygen atoms in total. The van der Waals surface area contributed by atoms with Gasteiger partial charge in [-0.3, -0.25) is 4.79 Å². The number of oxazole rings is 1. The average Bonchev–Trinajstić information content (AvgIpc) is 3.22. The number of hydrogen-bond acceptors (Lipinski definition) is 6. The number of benzene rings is 1. The van der Waals surface area contributed by atoms with Crippen LogP contribution in [0.5, 0.6) is 0 Å². The summed E-state index contributed by atoms with van der Waals surface area (Å²) in [6, 6.07) is 3.10. The van der Waals surface area contributed by atoms with Crippen LogP contribution in [0.1, 0.15) is 37.0 Å².